The molecule has 2 rings (SSSR count). The summed E-state index contributed by atoms with van der Waals surface area (Å²) in [5.74, 6) is 0.0843. The van der Waals surface area contributed by atoms with E-state index in [9.17, 15) is 12.8 Å². The van der Waals surface area contributed by atoms with Gasteiger partial charge in [0, 0.05) is 12.2 Å². The van der Waals surface area contributed by atoms with Gasteiger partial charge in [-0.1, -0.05) is 26.2 Å². The molecule has 1 aromatic carbocycles. The van der Waals surface area contributed by atoms with E-state index in [0.29, 0.717) is 18.4 Å². The molecule has 21 heavy (non-hydrogen) atoms. The second-order valence-corrected chi connectivity index (χ2v) is 7.76. The second-order valence-electron chi connectivity index (χ2n) is 6.02. The quantitative estimate of drug-likeness (QED) is 0.839. The fraction of sp³-hybridized carbons (Fsp3) is 0.600. The first-order chi connectivity index (χ1) is 9.81. The normalized spacial score (nSPS) is 23.2. The molecule has 0 aromatic heterocycles. The summed E-state index contributed by atoms with van der Waals surface area (Å²) < 4.78 is 41.2. The SMILES string of the molecule is Cc1cc(N)cc(S(=O)(=O)NCC2CCCCC2C)c1F. The van der Waals surface area contributed by atoms with E-state index < -0.39 is 15.8 Å². The van der Waals surface area contributed by atoms with E-state index in [1.165, 1.54) is 25.5 Å². The van der Waals surface area contributed by atoms with Crippen molar-refractivity contribution in [2.45, 2.75) is 44.4 Å². The molecule has 0 aliphatic heterocycles. The summed E-state index contributed by atoms with van der Waals surface area (Å²) in [6.45, 7) is 4.01. The molecule has 0 saturated heterocycles. The van der Waals surface area contributed by atoms with E-state index in [0.717, 1.165) is 19.3 Å². The van der Waals surface area contributed by atoms with E-state index in [4.69, 9.17) is 5.73 Å². The molecule has 1 saturated carbocycles. The van der Waals surface area contributed by atoms with Crippen LogP contribution >= 0.6 is 0 Å². The van der Waals surface area contributed by atoms with E-state index in [-0.39, 0.29) is 16.1 Å². The lowest BCUT2D eigenvalue weighted by Gasteiger charge is -2.28. The molecule has 1 aliphatic carbocycles. The number of rotatable bonds is 4. The van der Waals surface area contributed by atoms with Crippen molar-refractivity contribution in [1.82, 2.24) is 4.72 Å². The van der Waals surface area contributed by atoms with Crippen molar-refractivity contribution in [3.8, 4) is 0 Å². The molecule has 1 aromatic rings. The van der Waals surface area contributed by atoms with Gasteiger partial charge in [0.2, 0.25) is 10.0 Å². The monoisotopic (exact) mass is 314 g/mol. The fourth-order valence-electron chi connectivity index (χ4n) is 2.95. The largest absolute Gasteiger partial charge is 0.399 e. The van der Waals surface area contributed by atoms with Crippen LogP contribution in [0.1, 0.15) is 38.2 Å². The van der Waals surface area contributed by atoms with Crippen molar-refractivity contribution in [3.63, 3.8) is 0 Å². The van der Waals surface area contributed by atoms with Crippen molar-refractivity contribution < 1.29 is 12.8 Å². The minimum Gasteiger partial charge on any atom is -0.399 e. The smallest absolute Gasteiger partial charge is 0.243 e. The van der Waals surface area contributed by atoms with Gasteiger partial charge in [0.1, 0.15) is 10.7 Å². The van der Waals surface area contributed by atoms with Gasteiger partial charge in [-0.25, -0.2) is 17.5 Å². The summed E-state index contributed by atoms with van der Waals surface area (Å²) in [5.41, 5.74) is 6.11. The Morgan fingerprint density at radius 2 is 2.00 bits per heavy atom. The van der Waals surface area contributed by atoms with Crippen LogP contribution in [-0.2, 0) is 10.0 Å². The van der Waals surface area contributed by atoms with E-state index in [1.807, 2.05) is 0 Å². The molecule has 0 radical (unpaired) electrons. The number of benzene rings is 1. The van der Waals surface area contributed by atoms with E-state index >= 15 is 0 Å². The minimum absolute atomic E-state index is 0.237. The molecule has 0 amide bonds. The third-order valence-electron chi connectivity index (χ3n) is 4.36. The van der Waals surface area contributed by atoms with Crippen molar-refractivity contribution in [2.24, 2.45) is 11.8 Å². The van der Waals surface area contributed by atoms with Crippen LogP contribution in [0.25, 0.3) is 0 Å². The van der Waals surface area contributed by atoms with E-state index in [2.05, 4.69) is 11.6 Å². The standard InChI is InChI=1S/C15H23FN2O2S/c1-10-5-3-4-6-12(10)9-18-21(19,20)14-8-13(17)7-11(2)15(14)16/h7-8,10,12,18H,3-6,9,17H2,1-2H3. The van der Waals surface area contributed by atoms with Crippen LogP contribution in [0.3, 0.4) is 0 Å². The van der Waals surface area contributed by atoms with Gasteiger partial charge < -0.3 is 5.73 Å². The van der Waals surface area contributed by atoms with Gasteiger partial charge in [-0.3, -0.25) is 0 Å². The molecule has 2 unspecified atom stereocenters. The van der Waals surface area contributed by atoms with Gasteiger partial charge in [0.05, 0.1) is 0 Å². The zero-order chi connectivity index (χ0) is 15.6. The number of hydrogen-bond donors (Lipinski definition) is 2. The van der Waals surface area contributed by atoms with Crippen LogP contribution in [0.4, 0.5) is 10.1 Å². The molecule has 4 nitrogen and oxygen atoms in total. The number of aryl methyl sites for hydroxylation is 1. The van der Waals surface area contributed by atoms with Crippen LogP contribution in [-0.4, -0.2) is 15.0 Å². The third-order valence-corrected chi connectivity index (χ3v) is 5.78. The molecule has 6 heteroatoms. The highest BCUT2D eigenvalue weighted by Crippen LogP contribution is 2.29. The fourth-order valence-corrected chi connectivity index (χ4v) is 4.23. The zero-order valence-electron chi connectivity index (χ0n) is 12.5. The Bertz CT molecular complexity index is 616. The summed E-state index contributed by atoms with van der Waals surface area (Å²) in [4.78, 5) is -0.358. The zero-order valence-corrected chi connectivity index (χ0v) is 13.3. The lowest BCUT2D eigenvalue weighted by Crippen LogP contribution is -2.34. The van der Waals surface area contributed by atoms with Crippen molar-refractivity contribution in [3.05, 3.63) is 23.5 Å². The van der Waals surface area contributed by atoms with Crippen LogP contribution in [0.15, 0.2) is 17.0 Å². The maximum atomic E-state index is 14.0. The number of anilines is 1. The van der Waals surface area contributed by atoms with Crippen LogP contribution in [0, 0.1) is 24.6 Å². The van der Waals surface area contributed by atoms with Crippen LogP contribution in [0.5, 0.6) is 0 Å². The van der Waals surface area contributed by atoms with Gasteiger partial charge in [-0.2, -0.15) is 0 Å². The average molecular weight is 314 g/mol. The summed E-state index contributed by atoms with van der Waals surface area (Å²) in [6.07, 6.45) is 4.47. The third kappa shape index (κ3) is 3.74. The number of nitrogen functional groups attached to an aromatic ring is 1. The molecule has 0 heterocycles. The first kappa shape index (κ1) is 16.2. The molecule has 3 N–H and O–H groups in total. The topological polar surface area (TPSA) is 72.2 Å². The molecular formula is C15H23FN2O2S. The first-order valence-corrected chi connectivity index (χ1v) is 8.85. The Balaban J connectivity index is 2.15. The van der Waals surface area contributed by atoms with Crippen molar-refractivity contribution in [1.29, 1.82) is 0 Å². The molecule has 1 fully saturated rings. The number of nitrogens with one attached hydrogen (secondary N) is 1. The lowest BCUT2D eigenvalue weighted by molar-refractivity contribution is 0.257. The average Bonchev–Trinajstić information content (AvgIpc) is 2.42. The molecular weight excluding hydrogens is 291 g/mol. The highest BCUT2D eigenvalue weighted by atomic mass is 32.2. The second kappa shape index (κ2) is 6.32. The van der Waals surface area contributed by atoms with Crippen LogP contribution < -0.4 is 10.5 Å². The molecule has 0 spiro atoms. The van der Waals surface area contributed by atoms with Gasteiger partial charge >= 0.3 is 0 Å². The maximum absolute atomic E-state index is 14.0. The summed E-state index contributed by atoms with van der Waals surface area (Å²) in [6, 6.07) is 2.60. The van der Waals surface area contributed by atoms with Gasteiger partial charge in [0.25, 0.3) is 0 Å². The number of nitrogens with two attached hydrogens (primary N) is 1. The van der Waals surface area contributed by atoms with Crippen molar-refractivity contribution in [2.75, 3.05) is 12.3 Å². The maximum Gasteiger partial charge on any atom is 0.243 e. The number of hydrogen-bond acceptors (Lipinski definition) is 3. The van der Waals surface area contributed by atoms with Gasteiger partial charge in [-0.15, -0.1) is 0 Å². The lowest BCUT2D eigenvalue weighted by atomic mass is 9.81. The highest BCUT2D eigenvalue weighted by molar-refractivity contribution is 7.89. The Kier molecular flexibility index (Phi) is 4.88. The molecule has 1 aliphatic rings. The summed E-state index contributed by atoms with van der Waals surface area (Å²) in [5, 5.41) is 0. The minimum atomic E-state index is -3.86. The van der Waals surface area contributed by atoms with Gasteiger partial charge in [-0.05, 0) is 42.9 Å². The Labute approximate surface area is 126 Å². The Morgan fingerprint density at radius 1 is 1.33 bits per heavy atom. The van der Waals surface area contributed by atoms with E-state index in [1.54, 1.807) is 0 Å². The predicted molar refractivity (Wildman–Crippen MR) is 81.9 cm³/mol. The molecule has 2 atom stereocenters. The summed E-state index contributed by atoms with van der Waals surface area (Å²) >= 11 is 0. The van der Waals surface area contributed by atoms with Crippen LogP contribution in [0.2, 0.25) is 0 Å². The molecule has 0 bridgehead atoms. The number of halogens is 1. The first-order valence-electron chi connectivity index (χ1n) is 7.36. The van der Waals surface area contributed by atoms with Crippen molar-refractivity contribution >= 4 is 15.7 Å². The predicted octanol–water partition coefficient (Wildman–Crippen LogP) is 2.82. The summed E-state index contributed by atoms with van der Waals surface area (Å²) in [7, 11) is -3.86. The Morgan fingerprint density at radius 3 is 2.67 bits per heavy atom. The Hall–Kier alpha value is -1.14. The number of sulfonamides is 1. The highest BCUT2D eigenvalue weighted by Gasteiger charge is 2.26. The molecule has 118 valence electrons. The van der Waals surface area contributed by atoms with Gasteiger partial charge in [0.15, 0.2) is 0 Å².